The molecule has 0 aromatic rings. The minimum atomic E-state index is -2.22. The summed E-state index contributed by atoms with van der Waals surface area (Å²) in [4.78, 5) is 10.2. The van der Waals surface area contributed by atoms with Crippen molar-refractivity contribution in [1.82, 2.24) is 0 Å². The highest BCUT2D eigenvalue weighted by Gasteiger charge is 2.58. The van der Waals surface area contributed by atoms with Crippen LogP contribution < -0.4 is 5.73 Å². The molecule has 2 aliphatic rings. The number of aliphatic hydroxyl groups is 8. The van der Waals surface area contributed by atoms with Crippen molar-refractivity contribution in [3.05, 3.63) is 0 Å². The van der Waals surface area contributed by atoms with Gasteiger partial charge in [-0.1, -0.05) is 20.3 Å². The molecule has 14 nitrogen and oxygen atoms in total. The number of hydrogen-bond acceptors (Lipinski definition) is 13. The lowest BCUT2D eigenvalue weighted by Gasteiger charge is -2.43. The number of carbonyl (C=O) groups is 1. The molecule has 2 unspecified atom stereocenters. The fourth-order valence-electron chi connectivity index (χ4n) is 3.13. The highest BCUT2D eigenvalue weighted by molar-refractivity contribution is 5.73. The summed E-state index contributed by atoms with van der Waals surface area (Å²) in [6.45, 7) is 1.43. The first-order valence-electron chi connectivity index (χ1n) is 10.1. The van der Waals surface area contributed by atoms with Crippen LogP contribution in [0.15, 0.2) is 0 Å². The van der Waals surface area contributed by atoms with Gasteiger partial charge >= 0.3 is 5.97 Å². The molecule has 0 amide bonds. The van der Waals surface area contributed by atoms with E-state index < -0.39 is 86.6 Å². The number of ether oxygens (including phenoxy) is 3. The lowest BCUT2D eigenvalue weighted by Crippen LogP contribution is -2.62. The molecule has 32 heavy (non-hydrogen) atoms. The monoisotopic (exact) mass is 473 g/mol. The van der Waals surface area contributed by atoms with Crippen molar-refractivity contribution in [1.29, 1.82) is 0 Å². The van der Waals surface area contributed by atoms with Crippen LogP contribution in [0.2, 0.25) is 0 Å². The Labute approximate surface area is 184 Å². The summed E-state index contributed by atoms with van der Waals surface area (Å²) in [6.07, 6.45) is -11.8. The fourth-order valence-corrected chi connectivity index (χ4v) is 3.13. The normalized spacial score (nSPS) is 41.5. The summed E-state index contributed by atoms with van der Waals surface area (Å²) in [5, 5.41) is 85.0. The van der Waals surface area contributed by atoms with E-state index in [1.54, 1.807) is 0 Å². The zero-order valence-corrected chi connectivity index (χ0v) is 17.8. The van der Waals surface area contributed by atoms with Crippen LogP contribution in [0.25, 0.3) is 0 Å². The molecule has 0 radical (unpaired) electrons. The summed E-state index contributed by atoms with van der Waals surface area (Å²) < 4.78 is 15.4. The minimum absolute atomic E-state index is 0.0718. The summed E-state index contributed by atoms with van der Waals surface area (Å²) in [7, 11) is 0. The Hall–Kier alpha value is -1.01. The number of carboxylic acids is 1. The Morgan fingerprint density at radius 1 is 1.00 bits per heavy atom. The van der Waals surface area contributed by atoms with Gasteiger partial charge in [0.2, 0.25) is 5.79 Å². The number of hydrogen-bond donors (Lipinski definition) is 10. The molecule has 11 atom stereocenters. The van der Waals surface area contributed by atoms with Crippen LogP contribution in [-0.2, 0) is 19.0 Å². The van der Waals surface area contributed by atoms with Crippen LogP contribution in [0, 0.1) is 5.92 Å². The van der Waals surface area contributed by atoms with Crippen LogP contribution in [0.4, 0.5) is 0 Å². The van der Waals surface area contributed by atoms with Crippen LogP contribution in [0.5, 0.6) is 0 Å². The molecule has 11 N–H and O–H groups in total. The number of nitrogens with two attached hydrogens (primary N) is 1. The summed E-state index contributed by atoms with van der Waals surface area (Å²) >= 11 is 0. The highest BCUT2D eigenvalue weighted by atomic mass is 16.8. The molecule has 14 heteroatoms. The van der Waals surface area contributed by atoms with Crippen LogP contribution in [-0.4, -0.2) is 133 Å². The van der Waals surface area contributed by atoms with E-state index in [0.29, 0.717) is 0 Å². The average molecular weight is 473 g/mol. The number of aliphatic hydroxyl groups excluding tert-OH is 8. The van der Waals surface area contributed by atoms with Crippen molar-refractivity contribution in [3.63, 3.8) is 0 Å². The third kappa shape index (κ3) is 6.31. The molecular formula is C18H35NO13. The first kappa shape index (κ1) is 29.0. The third-order valence-electron chi connectivity index (χ3n) is 5.61. The van der Waals surface area contributed by atoms with Gasteiger partial charge in [-0.05, 0) is 5.92 Å². The molecule has 190 valence electrons. The molecule has 2 rings (SSSR count). The van der Waals surface area contributed by atoms with Gasteiger partial charge in [0.05, 0.1) is 13.2 Å². The molecule has 2 heterocycles. The van der Waals surface area contributed by atoms with E-state index in [9.17, 15) is 35.4 Å². The molecule has 0 saturated carbocycles. The minimum Gasteiger partial charge on any atom is -0.480 e. The van der Waals surface area contributed by atoms with Gasteiger partial charge in [0.25, 0.3) is 0 Å². The van der Waals surface area contributed by atoms with Crippen molar-refractivity contribution in [2.24, 2.45) is 11.7 Å². The van der Waals surface area contributed by atoms with Gasteiger partial charge in [0.1, 0.15) is 55.4 Å². The van der Waals surface area contributed by atoms with Crippen molar-refractivity contribution >= 4 is 5.97 Å². The summed E-state index contributed by atoms with van der Waals surface area (Å²) in [6, 6.07) is -0.699. The van der Waals surface area contributed by atoms with Gasteiger partial charge in [-0.2, -0.15) is 0 Å². The molecule has 0 aromatic heterocycles. The Morgan fingerprint density at radius 2 is 1.56 bits per heavy atom. The fraction of sp³-hybridized carbons (Fsp3) is 0.944. The van der Waals surface area contributed by atoms with Gasteiger partial charge in [0.15, 0.2) is 6.29 Å². The molecular weight excluding hydrogens is 438 g/mol. The zero-order chi connectivity index (χ0) is 24.8. The predicted octanol–water partition coefficient (Wildman–Crippen LogP) is -4.95. The lowest BCUT2D eigenvalue weighted by molar-refractivity contribution is -0.383. The summed E-state index contributed by atoms with van der Waals surface area (Å²) in [5.74, 6) is -3.06. The van der Waals surface area contributed by atoms with E-state index in [4.69, 9.17) is 35.3 Å². The van der Waals surface area contributed by atoms with Gasteiger partial charge < -0.3 is 65.9 Å². The molecule has 0 bridgehead atoms. The highest BCUT2D eigenvalue weighted by Crippen LogP contribution is 2.35. The number of rotatable bonds is 8. The van der Waals surface area contributed by atoms with Crippen molar-refractivity contribution in [2.45, 2.75) is 81.1 Å². The number of carboxylic acid groups (broad SMARTS) is 1. The largest absolute Gasteiger partial charge is 0.480 e. The average Bonchev–Trinajstić information content (AvgIpc) is 3.03. The smallest absolute Gasteiger partial charge is 0.320 e. The maximum absolute atomic E-state index is 10.2. The van der Waals surface area contributed by atoms with Gasteiger partial charge in [-0.3, -0.25) is 4.79 Å². The predicted molar refractivity (Wildman–Crippen MR) is 104 cm³/mol. The van der Waals surface area contributed by atoms with E-state index in [1.807, 2.05) is 13.8 Å². The first-order chi connectivity index (χ1) is 14.9. The maximum Gasteiger partial charge on any atom is 0.320 e. The topological polar surface area (TPSA) is 253 Å². The maximum atomic E-state index is 10.2. The van der Waals surface area contributed by atoms with Crippen molar-refractivity contribution < 1.29 is 65.0 Å². The second-order valence-corrected chi connectivity index (χ2v) is 7.81. The molecule has 0 aliphatic carbocycles. The molecule has 2 aliphatic heterocycles. The van der Waals surface area contributed by atoms with Crippen molar-refractivity contribution in [3.8, 4) is 0 Å². The van der Waals surface area contributed by atoms with Crippen LogP contribution in [0.1, 0.15) is 20.3 Å². The Balaban J connectivity index is 0.000000482. The standard InChI is InChI=1S/C12H22O11.C6H13NO2/c13-1-4-6(16)8(18)9(19)11(21-4)23-12(3-15)10(20)7(17)5(2-14)22-12;1-3-4(2)5(7)6(8)9/h4-11,13-20H,1-3H2;4-5H,3,7H2,1-2H3,(H,8,9)/t4-,5-,6-,7-,8+,9-,10+,11-,12+;/m1./s1. The second kappa shape index (κ2) is 12.5. The van der Waals surface area contributed by atoms with E-state index in [1.165, 1.54) is 0 Å². The molecule has 2 saturated heterocycles. The SMILES string of the molecule is CCC(C)C(N)C(=O)O.OC[C@H]1O[C@@](CO)(O[C@H]2O[C@H](CO)[C@@H](O)[C@H](O)[C@H]2O)[C@@H](O)[C@@H]1O. The van der Waals surface area contributed by atoms with Crippen molar-refractivity contribution in [2.75, 3.05) is 19.8 Å². The Morgan fingerprint density at radius 3 is 1.94 bits per heavy atom. The van der Waals surface area contributed by atoms with E-state index in [0.717, 1.165) is 6.42 Å². The van der Waals surface area contributed by atoms with E-state index in [2.05, 4.69) is 0 Å². The first-order valence-corrected chi connectivity index (χ1v) is 10.1. The van der Waals surface area contributed by atoms with E-state index in [-0.39, 0.29) is 5.92 Å². The quantitative estimate of drug-likeness (QED) is 0.158. The van der Waals surface area contributed by atoms with Gasteiger partial charge in [0, 0.05) is 0 Å². The summed E-state index contributed by atoms with van der Waals surface area (Å²) in [5.41, 5.74) is 5.27. The molecule has 0 spiro atoms. The Kier molecular flexibility index (Phi) is 11.3. The Bertz CT molecular complexity index is 581. The third-order valence-corrected chi connectivity index (χ3v) is 5.61. The lowest BCUT2D eigenvalue weighted by atomic mass is 9.99. The molecule has 2 fully saturated rings. The van der Waals surface area contributed by atoms with Gasteiger partial charge in [-0.25, -0.2) is 0 Å². The molecule has 0 aromatic carbocycles. The number of aliphatic carboxylic acids is 1. The van der Waals surface area contributed by atoms with Crippen LogP contribution in [0.3, 0.4) is 0 Å². The van der Waals surface area contributed by atoms with E-state index >= 15 is 0 Å². The second-order valence-electron chi connectivity index (χ2n) is 7.81. The van der Waals surface area contributed by atoms with Crippen LogP contribution >= 0.6 is 0 Å². The zero-order valence-electron chi connectivity index (χ0n) is 17.8. The van der Waals surface area contributed by atoms with Gasteiger partial charge in [-0.15, -0.1) is 0 Å².